The molecule has 1 rings (SSSR count). The summed E-state index contributed by atoms with van der Waals surface area (Å²) >= 11 is 0. The summed E-state index contributed by atoms with van der Waals surface area (Å²) in [6, 6.07) is 3.03. The number of hydrogen-bond acceptors (Lipinski definition) is 4. The van der Waals surface area contributed by atoms with Gasteiger partial charge < -0.3 is 10.5 Å². The molecule has 0 aliphatic heterocycles. The summed E-state index contributed by atoms with van der Waals surface area (Å²) in [5, 5.41) is 0. The van der Waals surface area contributed by atoms with E-state index in [1.165, 1.54) is 0 Å². The third-order valence-corrected chi connectivity index (χ3v) is 5.07. The first-order valence-electron chi connectivity index (χ1n) is 7.15. The molecule has 0 bridgehead atoms. The van der Waals surface area contributed by atoms with Crippen LogP contribution in [0.15, 0.2) is 17.0 Å². The molecule has 0 saturated carbocycles. The molecule has 0 radical (unpaired) electrons. The van der Waals surface area contributed by atoms with Gasteiger partial charge in [-0.05, 0) is 49.9 Å². The van der Waals surface area contributed by atoms with Crippen molar-refractivity contribution in [3.05, 3.63) is 23.3 Å². The maximum Gasteiger partial charge on any atom is 0.242 e. The average molecular weight is 314 g/mol. The summed E-state index contributed by atoms with van der Waals surface area (Å²) in [6.45, 7) is 10.5. The van der Waals surface area contributed by atoms with Gasteiger partial charge in [0.2, 0.25) is 10.0 Å². The van der Waals surface area contributed by atoms with Crippen molar-refractivity contribution in [2.75, 3.05) is 18.9 Å². The molecule has 0 heterocycles. The van der Waals surface area contributed by atoms with Crippen molar-refractivity contribution in [3.63, 3.8) is 0 Å². The first kappa shape index (κ1) is 17.9. The molecule has 0 aliphatic rings. The van der Waals surface area contributed by atoms with E-state index >= 15 is 0 Å². The fourth-order valence-corrected chi connectivity index (χ4v) is 3.48. The maximum atomic E-state index is 12.5. The van der Waals surface area contributed by atoms with Crippen LogP contribution >= 0.6 is 0 Å². The van der Waals surface area contributed by atoms with Crippen LogP contribution in [-0.4, -0.2) is 27.7 Å². The fourth-order valence-electron chi connectivity index (χ4n) is 1.91. The lowest BCUT2D eigenvalue weighted by Crippen LogP contribution is -2.42. The SMILES string of the molecule is CCOCC(NS(=O)(=O)c1cc(C)c(C)cc1N)C(C)C. The first-order valence-corrected chi connectivity index (χ1v) is 8.64. The van der Waals surface area contributed by atoms with Crippen LogP contribution in [0.4, 0.5) is 5.69 Å². The summed E-state index contributed by atoms with van der Waals surface area (Å²) in [4.78, 5) is 0.132. The topological polar surface area (TPSA) is 81.4 Å². The van der Waals surface area contributed by atoms with Gasteiger partial charge in [-0.15, -0.1) is 0 Å². The molecule has 0 spiro atoms. The number of ether oxygens (including phenoxy) is 1. The van der Waals surface area contributed by atoms with Gasteiger partial charge in [-0.3, -0.25) is 0 Å². The van der Waals surface area contributed by atoms with E-state index in [-0.39, 0.29) is 22.5 Å². The smallest absolute Gasteiger partial charge is 0.242 e. The molecule has 120 valence electrons. The zero-order chi connectivity index (χ0) is 16.2. The highest BCUT2D eigenvalue weighted by Gasteiger charge is 2.24. The van der Waals surface area contributed by atoms with E-state index in [1.807, 2.05) is 34.6 Å². The number of benzene rings is 1. The van der Waals surface area contributed by atoms with E-state index in [1.54, 1.807) is 12.1 Å². The van der Waals surface area contributed by atoms with Gasteiger partial charge in [0.15, 0.2) is 0 Å². The monoisotopic (exact) mass is 314 g/mol. The highest BCUT2D eigenvalue weighted by molar-refractivity contribution is 7.89. The Bertz CT molecular complexity index is 583. The van der Waals surface area contributed by atoms with Crippen LogP contribution in [0, 0.1) is 19.8 Å². The number of rotatable bonds is 7. The van der Waals surface area contributed by atoms with Crippen molar-refractivity contribution in [1.82, 2.24) is 4.72 Å². The summed E-state index contributed by atoms with van der Waals surface area (Å²) in [5.41, 5.74) is 8.02. The van der Waals surface area contributed by atoms with Crippen LogP contribution in [0.5, 0.6) is 0 Å². The number of nitrogens with one attached hydrogen (secondary N) is 1. The predicted molar refractivity (Wildman–Crippen MR) is 85.8 cm³/mol. The van der Waals surface area contributed by atoms with Crippen molar-refractivity contribution in [1.29, 1.82) is 0 Å². The summed E-state index contributed by atoms with van der Waals surface area (Å²) in [5.74, 6) is 0.124. The second-order valence-corrected chi connectivity index (χ2v) is 7.29. The summed E-state index contributed by atoms with van der Waals surface area (Å²) in [7, 11) is -3.66. The van der Waals surface area contributed by atoms with Gasteiger partial charge in [-0.25, -0.2) is 13.1 Å². The highest BCUT2D eigenvalue weighted by Crippen LogP contribution is 2.23. The largest absolute Gasteiger partial charge is 0.398 e. The van der Waals surface area contributed by atoms with Crippen molar-refractivity contribution in [2.45, 2.75) is 45.6 Å². The van der Waals surface area contributed by atoms with Gasteiger partial charge in [0.1, 0.15) is 4.90 Å². The molecular formula is C15H26N2O3S. The molecule has 6 heteroatoms. The Morgan fingerprint density at radius 3 is 2.33 bits per heavy atom. The van der Waals surface area contributed by atoms with E-state index in [0.717, 1.165) is 11.1 Å². The van der Waals surface area contributed by atoms with Gasteiger partial charge in [0.25, 0.3) is 0 Å². The van der Waals surface area contributed by atoms with E-state index in [9.17, 15) is 8.42 Å². The zero-order valence-corrected chi connectivity index (χ0v) is 14.3. The Hall–Kier alpha value is -1.11. The van der Waals surface area contributed by atoms with Gasteiger partial charge >= 0.3 is 0 Å². The molecule has 0 aromatic heterocycles. The third-order valence-electron chi connectivity index (χ3n) is 3.53. The lowest BCUT2D eigenvalue weighted by molar-refractivity contribution is 0.116. The fraction of sp³-hybridized carbons (Fsp3) is 0.600. The number of nitrogens with two attached hydrogens (primary N) is 1. The van der Waals surface area contributed by atoms with E-state index in [2.05, 4.69) is 4.72 Å². The van der Waals surface area contributed by atoms with E-state index < -0.39 is 10.0 Å². The number of hydrogen-bond donors (Lipinski definition) is 2. The average Bonchev–Trinajstić information content (AvgIpc) is 2.38. The molecule has 21 heavy (non-hydrogen) atoms. The van der Waals surface area contributed by atoms with E-state index in [0.29, 0.717) is 13.2 Å². The zero-order valence-electron chi connectivity index (χ0n) is 13.4. The van der Waals surface area contributed by atoms with Crippen LogP contribution in [0.2, 0.25) is 0 Å². The minimum atomic E-state index is -3.66. The molecule has 3 N–H and O–H groups in total. The molecule has 5 nitrogen and oxygen atoms in total. The predicted octanol–water partition coefficient (Wildman–Crippen LogP) is 2.23. The summed E-state index contributed by atoms with van der Waals surface area (Å²) < 4.78 is 33.1. The van der Waals surface area contributed by atoms with Crippen LogP contribution in [0.3, 0.4) is 0 Å². The van der Waals surface area contributed by atoms with E-state index in [4.69, 9.17) is 10.5 Å². The first-order chi connectivity index (χ1) is 9.69. The van der Waals surface area contributed by atoms with Crippen molar-refractivity contribution < 1.29 is 13.2 Å². The molecule has 0 saturated heterocycles. The Labute approximate surface area is 127 Å². The van der Waals surface area contributed by atoms with Gasteiger partial charge in [0.05, 0.1) is 12.3 Å². The van der Waals surface area contributed by atoms with Crippen LogP contribution in [-0.2, 0) is 14.8 Å². The molecule has 0 fully saturated rings. The normalized spacial score (nSPS) is 13.6. The number of sulfonamides is 1. The molecule has 1 unspecified atom stereocenters. The Balaban J connectivity index is 3.07. The molecule has 0 amide bonds. The lowest BCUT2D eigenvalue weighted by Gasteiger charge is -2.22. The quantitative estimate of drug-likeness (QED) is 0.756. The number of aryl methyl sites for hydroxylation is 2. The molecule has 1 aromatic carbocycles. The van der Waals surface area contributed by atoms with Crippen LogP contribution in [0.25, 0.3) is 0 Å². The molecule has 1 atom stereocenters. The number of nitrogen functional groups attached to an aromatic ring is 1. The van der Waals surface area contributed by atoms with Gasteiger partial charge in [0, 0.05) is 12.6 Å². The summed E-state index contributed by atoms with van der Waals surface area (Å²) in [6.07, 6.45) is 0. The maximum absolute atomic E-state index is 12.5. The minimum absolute atomic E-state index is 0.124. The number of anilines is 1. The van der Waals surface area contributed by atoms with Crippen LogP contribution in [0.1, 0.15) is 31.9 Å². The molecule has 0 aliphatic carbocycles. The molecule has 1 aromatic rings. The molecular weight excluding hydrogens is 288 g/mol. The Morgan fingerprint density at radius 1 is 1.24 bits per heavy atom. The Kier molecular flexibility index (Phi) is 6.19. The standard InChI is InChI=1S/C15H26N2O3S/c1-6-20-9-14(10(2)3)17-21(18,19)15-8-12(5)11(4)7-13(15)16/h7-8,10,14,17H,6,9,16H2,1-5H3. The highest BCUT2D eigenvalue weighted by atomic mass is 32.2. The second kappa shape index (κ2) is 7.24. The second-order valence-electron chi connectivity index (χ2n) is 5.61. The minimum Gasteiger partial charge on any atom is -0.398 e. The van der Waals surface area contributed by atoms with Crippen molar-refractivity contribution >= 4 is 15.7 Å². The van der Waals surface area contributed by atoms with Gasteiger partial charge in [-0.2, -0.15) is 0 Å². The van der Waals surface area contributed by atoms with Crippen LogP contribution < -0.4 is 10.5 Å². The van der Waals surface area contributed by atoms with Crippen molar-refractivity contribution in [3.8, 4) is 0 Å². The Morgan fingerprint density at radius 2 is 1.81 bits per heavy atom. The van der Waals surface area contributed by atoms with Gasteiger partial charge in [-0.1, -0.05) is 13.8 Å². The lowest BCUT2D eigenvalue weighted by atomic mass is 10.1. The third kappa shape index (κ3) is 4.69. The van der Waals surface area contributed by atoms with Crippen molar-refractivity contribution in [2.24, 2.45) is 5.92 Å².